The number of rotatable bonds is 4. The Morgan fingerprint density at radius 1 is 1.12 bits per heavy atom. The Balaban J connectivity index is 1.67. The molecule has 0 spiro atoms. The molecule has 4 aromatic rings. The Kier molecular flexibility index (Phi) is 3.96. The van der Waals surface area contributed by atoms with E-state index in [1.165, 1.54) is 0 Å². The summed E-state index contributed by atoms with van der Waals surface area (Å²) in [6.45, 7) is 2.59. The molecule has 8 heteroatoms. The molecule has 0 saturated carbocycles. The third-order valence-electron chi connectivity index (χ3n) is 3.99. The number of benzene rings is 1. The van der Waals surface area contributed by atoms with Gasteiger partial charge in [0.2, 0.25) is 0 Å². The summed E-state index contributed by atoms with van der Waals surface area (Å²) in [5, 5.41) is 13.1. The van der Waals surface area contributed by atoms with Gasteiger partial charge < -0.3 is 5.32 Å². The summed E-state index contributed by atoms with van der Waals surface area (Å²) in [6, 6.07) is 10.2. The number of hydrogen-bond acceptors (Lipinski definition) is 5. The van der Waals surface area contributed by atoms with Crippen LogP contribution in [0.5, 0.6) is 0 Å². The summed E-state index contributed by atoms with van der Waals surface area (Å²) in [4.78, 5) is 8.67. The van der Waals surface area contributed by atoms with Crippen LogP contribution in [0.1, 0.15) is 11.3 Å². The Labute approximate surface area is 152 Å². The maximum Gasteiger partial charge on any atom is 0.164 e. The van der Waals surface area contributed by atoms with E-state index in [-0.39, 0.29) is 0 Å². The minimum atomic E-state index is 0.614. The molecule has 3 aromatic heterocycles. The van der Waals surface area contributed by atoms with E-state index in [1.54, 1.807) is 11.0 Å². The van der Waals surface area contributed by atoms with Crippen LogP contribution in [0.2, 0.25) is 0 Å². The predicted octanol–water partition coefficient (Wildman–Crippen LogP) is 3.23. The maximum atomic E-state index is 4.51. The molecule has 0 aliphatic carbocycles. The number of anilines is 1. The van der Waals surface area contributed by atoms with Crippen LogP contribution in [-0.2, 0) is 13.6 Å². The van der Waals surface area contributed by atoms with Crippen molar-refractivity contribution in [1.82, 2.24) is 29.5 Å². The fraction of sp³-hybridized carbons (Fsp3) is 0.176. The highest BCUT2D eigenvalue weighted by atomic mass is 79.9. The Hall–Kier alpha value is -2.74. The summed E-state index contributed by atoms with van der Waals surface area (Å²) in [7, 11) is 1.86. The Morgan fingerprint density at radius 3 is 2.76 bits per heavy atom. The first-order valence-corrected chi connectivity index (χ1v) is 8.60. The van der Waals surface area contributed by atoms with Crippen molar-refractivity contribution in [2.75, 3.05) is 5.32 Å². The van der Waals surface area contributed by atoms with Crippen molar-refractivity contribution >= 4 is 32.8 Å². The van der Waals surface area contributed by atoms with Gasteiger partial charge in [-0.25, -0.2) is 19.3 Å². The molecule has 0 saturated heterocycles. The summed E-state index contributed by atoms with van der Waals surface area (Å²) in [5.41, 5.74) is 3.93. The number of para-hydroxylation sites is 1. The number of halogens is 1. The molecule has 0 aliphatic heterocycles. The molecule has 0 radical (unpaired) electrons. The van der Waals surface area contributed by atoms with Crippen LogP contribution in [0.15, 0.2) is 47.5 Å². The molecule has 0 atom stereocenters. The van der Waals surface area contributed by atoms with E-state index < -0.39 is 0 Å². The zero-order valence-corrected chi connectivity index (χ0v) is 15.4. The second-order valence-electron chi connectivity index (χ2n) is 5.72. The summed E-state index contributed by atoms with van der Waals surface area (Å²) in [5.74, 6) is 0.747. The lowest BCUT2D eigenvalue weighted by Crippen LogP contribution is -2.07. The number of fused-ring (bicyclic) bond motifs is 1. The van der Waals surface area contributed by atoms with Crippen LogP contribution in [0.25, 0.3) is 16.7 Å². The molecular weight excluding hydrogens is 382 g/mol. The molecule has 1 N–H and O–H groups in total. The average Bonchev–Trinajstić information content (AvgIpc) is 3.17. The van der Waals surface area contributed by atoms with Gasteiger partial charge in [0, 0.05) is 19.8 Å². The first-order chi connectivity index (χ1) is 12.1. The Bertz CT molecular complexity index is 1050. The lowest BCUT2D eigenvalue weighted by atomic mass is 10.1. The second kappa shape index (κ2) is 6.29. The first kappa shape index (κ1) is 15.8. The van der Waals surface area contributed by atoms with Crippen LogP contribution in [0, 0.1) is 6.92 Å². The van der Waals surface area contributed by atoms with E-state index in [2.05, 4.69) is 53.5 Å². The normalized spacial score (nSPS) is 11.2. The summed E-state index contributed by atoms with van der Waals surface area (Å²) >= 11 is 3.48. The van der Waals surface area contributed by atoms with Crippen molar-refractivity contribution in [1.29, 1.82) is 0 Å². The minimum absolute atomic E-state index is 0.614. The Morgan fingerprint density at radius 2 is 1.96 bits per heavy atom. The van der Waals surface area contributed by atoms with Gasteiger partial charge in [-0.2, -0.15) is 10.2 Å². The van der Waals surface area contributed by atoms with Crippen LogP contribution in [-0.4, -0.2) is 29.5 Å². The van der Waals surface area contributed by atoms with Crippen molar-refractivity contribution in [2.24, 2.45) is 7.05 Å². The van der Waals surface area contributed by atoms with E-state index in [0.29, 0.717) is 6.54 Å². The quantitative estimate of drug-likeness (QED) is 0.572. The van der Waals surface area contributed by atoms with Gasteiger partial charge in [-0.15, -0.1) is 0 Å². The highest BCUT2D eigenvalue weighted by molar-refractivity contribution is 9.10. The first-order valence-electron chi connectivity index (χ1n) is 7.81. The monoisotopic (exact) mass is 397 g/mol. The third-order valence-corrected chi connectivity index (χ3v) is 4.54. The van der Waals surface area contributed by atoms with E-state index in [0.717, 1.165) is 38.4 Å². The number of aryl methyl sites for hydroxylation is 2. The molecule has 4 rings (SSSR count). The molecule has 0 amide bonds. The molecular formula is C17H16BrN7. The zero-order valence-electron chi connectivity index (χ0n) is 13.8. The standard InChI is InChI=1S/C17H16BrN7/c1-11-7-8-25(22-11)13-6-4-3-5-12(13)9-19-16-14-15(18)23-24(2)17(14)21-10-20-16/h3-8,10H,9H2,1-2H3,(H,19,20,21). The molecule has 3 heterocycles. The molecule has 25 heavy (non-hydrogen) atoms. The van der Waals surface area contributed by atoms with Crippen molar-refractivity contribution in [3.05, 3.63) is 58.7 Å². The smallest absolute Gasteiger partial charge is 0.164 e. The SMILES string of the molecule is Cc1ccn(-c2ccccc2CNc2ncnc3c2c(Br)nn3C)n1. The number of nitrogens with one attached hydrogen (secondary N) is 1. The highest BCUT2D eigenvalue weighted by Crippen LogP contribution is 2.27. The van der Waals surface area contributed by atoms with E-state index in [4.69, 9.17) is 0 Å². The molecule has 7 nitrogen and oxygen atoms in total. The van der Waals surface area contributed by atoms with Gasteiger partial charge in [-0.1, -0.05) is 18.2 Å². The fourth-order valence-corrected chi connectivity index (χ4v) is 3.39. The van der Waals surface area contributed by atoms with Crippen LogP contribution < -0.4 is 5.32 Å². The van der Waals surface area contributed by atoms with E-state index in [9.17, 15) is 0 Å². The van der Waals surface area contributed by atoms with Gasteiger partial charge in [0.05, 0.1) is 16.8 Å². The largest absolute Gasteiger partial charge is 0.365 e. The number of hydrogen-bond donors (Lipinski definition) is 1. The zero-order chi connectivity index (χ0) is 17.4. The van der Waals surface area contributed by atoms with Gasteiger partial charge in [0.25, 0.3) is 0 Å². The van der Waals surface area contributed by atoms with Crippen molar-refractivity contribution in [2.45, 2.75) is 13.5 Å². The predicted molar refractivity (Wildman–Crippen MR) is 99.6 cm³/mol. The average molecular weight is 398 g/mol. The van der Waals surface area contributed by atoms with Gasteiger partial charge in [0.15, 0.2) is 5.65 Å². The number of aromatic nitrogens is 6. The van der Waals surface area contributed by atoms with E-state index in [1.807, 2.05) is 43.0 Å². The van der Waals surface area contributed by atoms with Gasteiger partial charge >= 0.3 is 0 Å². The summed E-state index contributed by atoms with van der Waals surface area (Å²) in [6.07, 6.45) is 3.51. The third kappa shape index (κ3) is 2.89. The molecule has 0 fully saturated rings. The van der Waals surface area contributed by atoms with Crippen molar-refractivity contribution < 1.29 is 0 Å². The lowest BCUT2D eigenvalue weighted by molar-refractivity contribution is 0.777. The minimum Gasteiger partial charge on any atom is -0.365 e. The molecule has 1 aromatic carbocycles. The molecule has 0 bridgehead atoms. The molecule has 126 valence electrons. The van der Waals surface area contributed by atoms with Crippen LogP contribution >= 0.6 is 15.9 Å². The van der Waals surface area contributed by atoms with Crippen molar-refractivity contribution in [3.63, 3.8) is 0 Å². The lowest BCUT2D eigenvalue weighted by Gasteiger charge is -2.11. The highest BCUT2D eigenvalue weighted by Gasteiger charge is 2.13. The van der Waals surface area contributed by atoms with Gasteiger partial charge in [0.1, 0.15) is 16.7 Å². The van der Waals surface area contributed by atoms with E-state index >= 15 is 0 Å². The molecule has 0 unspecified atom stereocenters. The van der Waals surface area contributed by atoms with Crippen molar-refractivity contribution in [3.8, 4) is 5.69 Å². The van der Waals surface area contributed by atoms with Gasteiger partial charge in [-0.3, -0.25) is 0 Å². The second-order valence-corrected chi connectivity index (χ2v) is 6.47. The number of nitrogens with zero attached hydrogens (tertiary/aromatic N) is 6. The van der Waals surface area contributed by atoms with Crippen LogP contribution in [0.4, 0.5) is 5.82 Å². The van der Waals surface area contributed by atoms with Crippen LogP contribution in [0.3, 0.4) is 0 Å². The van der Waals surface area contributed by atoms with Gasteiger partial charge in [-0.05, 0) is 40.5 Å². The summed E-state index contributed by atoms with van der Waals surface area (Å²) < 4.78 is 4.35. The fourth-order valence-electron chi connectivity index (χ4n) is 2.79. The molecule has 0 aliphatic rings. The topological polar surface area (TPSA) is 73.5 Å². The maximum absolute atomic E-state index is 4.51.